The summed E-state index contributed by atoms with van der Waals surface area (Å²) in [5, 5.41) is 2.90. The normalized spacial score (nSPS) is 19.4. The lowest BCUT2D eigenvalue weighted by molar-refractivity contribution is -0.122. The zero-order chi connectivity index (χ0) is 11.8. The molecule has 5 heteroatoms. The minimum absolute atomic E-state index is 0.00626. The molecule has 1 aliphatic rings. The van der Waals surface area contributed by atoms with Crippen LogP contribution in [0, 0.1) is 0 Å². The van der Waals surface area contributed by atoms with Crippen molar-refractivity contribution < 1.29 is 4.79 Å². The van der Waals surface area contributed by atoms with Crippen molar-refractivity contribution in [1.29, 1.82) is 0 Å². The van der Waals surface area contributed by atoms with Crippen LogP contribution in [0.3, 0.4) is 0 Å². The molecule has 0 spiro atoms. The average Bonchev–Trinajstić information content (AvgIpc) is 2.30. The molecule has 1 aliphatic heterocycles. The van der Waals surface area contributed by atoms with Gasteiger partial charge in [-0.15, -0.1) is 0 Å². The summed E-state index contributed by atoms with van der Waals surface area (Å²) in [7, 11) is 0. The highest BCUT2D eigenvalue weighted by Crippen LogP contribution is 2.07. The lowest BCUT2D eigenvalue weighted by Crippen LogP contribution is -2.44. The average molecular weight is 245 g/mol. The zero-order valence-corrected chi connectivity index (χ0v) is 10.9. The number of nitrogens with two attached hydrogens (primary N) is 1. The fraction of sp³-hybridized carbons (Fsp3) is 0.909. The first-order chi connectivity index (χ1) is 7.74. The number of hydrogen-bond donors (Lipinski definition) is 2. The molecule has 1 atom stereocenters. The fourth-order valence-electron chi connectivity index (χ4n) is 1.74. The molecule has 94 valence electrons. The summed E-state index contributed by atoms with van der Waals surface area (Å²) in [6, 6.07) is -0.332. The standard InChI is InChI=1S/C11H23N3OS/c1-2-3-10(12)11(15)13-4-5-14-6-8-16-9-7-14/h10H,2-9,12H2,1H3,(H,13,15). The van der Waals surface area contributed by atoms with E-state index in [0.29, 0.717) is 0 Å². The van der Waals surface area contributed by atoms with E-state index in [1.807, 2.05) is 18.7 Å². The molecule has 1 unspecified atom stereocenters. The molecule has 0 radical (unpaired) electrons. The third kappa shape index (κ3) is 5.18. The van der Waals surface area contributed by atoms with E-state index >= 15 is 0 Å². The smallest absolute Gasteiger partial charge is 0.236 e. The van der Waals surface area contributed by atoms with Gasteiger partial charge in [-0.1, -0.05) is 13.3 Å². The Bertz CT molecular complexity index is 207. The molecule has 4 nitrogen and oxygen atoms in total. The second-order valence-corrected chi connectivity index (χ2v) is 5.36. The first kappa shape index (κ1) is 13.8. The molecule has 1 fully saturated rings. The highest BCUT2D eigenvalue weighted by Gasteiger charge is 2.13. The van der Waals surface area contributed by atoms with Crippen molar-refractivity contribution in [2.75, 3.05) is 37.7 Å². The van der Waals surface area contributed by atoms with Crippen LogP contribution in [0.2, 0.25) is 0 Å². The van der Waals surface area contributed by atoms with E-state index in [0.717, 1.165) is 39.0 Å². The van der Waals surface area contributed by atoms with Crippen LogP contribution in [0.25, 0.3) is 0 Å². The van der Waals surface area contributed by atoms with Gasteiger partial charge >= 0.3 is 0 Å². The first-order valence-corrected chi connectivity index (χ1v) is 7.23. The number of amides is 1. The molecule has 0 bridgehead atoms. The number of nitrogens with zero attached hydrogens (tertiary/aromatic N) is 1. The number of rotatable bonds is 6. The van der Waals surface area contributed by atoms with Crippen molar-refractivity contribution in [3.63, 3.8) is 0 Å². The van der Waals surface area contributed by atoms with E-state index in [2.05, 4.69) is 10.2 Å². The molecule has 0 aliphatic carbocycles. The van der Waals surface area contributed by atoms with Crippen LogP contribution in [0.4, 0.5) is 0 Å². The lowest BCUT2D eigenvalue weighted by Gasteiger charge is -2.26. The summed E-state index contributed by atoms with van der Waals surface area (Å²) < 4.78 is 0. The van der Waals surface area contributed by atoms with E-state index in [1.165, 1.54) is 11.5 Å². The van der Waals surface area contributed by atoms with Gasteiger partial charge < -0.3 is 11.1 Å². The number of thioether (sulfide) groups is 1. The quantitative estimate of drug-likeness (QED) is 0.706. The molecular formula is C11H23N3OS. The minimum atomic E-state index is -0.332. The maximum absolute atomic E-state index is 11.5. The molecule has 16 heavy (non-hydrogen) atoms. The maximum atomic E-state index is 11.5. The van der Waals surface area contributed by atoms with Gasteiger partial charge in [0.1, 0.15) is 0 Å². The molecule has 0 saturated carbocycles. The van der Waals surface area contributed by atoms with Gasteiger partial charge in [0.15, 0.2) is 0 Å². The summed E-state index contributed by atoms with van der Waals surface area (Å²) >= 11 is 2.00. The maximum Gasteiger partial charge on any atom is 0.236 e. The first-order valence-electron chi connectivity index (χ1n) is 6.07. The predicted molar refractivity (Wildman–Crippen MR) is 69.7 cm³/mol. The largest absolute Gasteiger partial charge is 0.353 e. The third-order valence-electron chi connectivity index (χ3n) is 2.77. The van der Waals surface area contributed by atoms with Gasteiger partial charge in [-0.3, -0.25) is 9.69 Å². The predicted octanol–water partition coefficient (Wildman–Crippen LogP) is 0.279. The van der Waals surface area contributed by atoms with Crippen molar-refractivity contribution in [2.24, 2.45) is 5.73 Å². The molecule has 1 amide bonds. The second-order valence-electron chi connectivity index (χ2n) is 4.14. The van der Waals surface area contributed by atoms with Gasteiger partial charge in [-0.05, 0) is 6.42 Å². The highest BCUT2D eigenvalue weighted by molar-refractivity contribution is 7.99. The summed E-state index contributed by atoms with van der Waals surface area (Å²) in [6.45, 7) is 5.99. The number of carbonyl (C=O) groups is 1. The van der Waals surface area contributed by atoms with Crippen LogP contribution in [-0.4, -0.2) is 54.5 Å². The number of carbonyl (C=O) groups excluding carboxylic acids is 1. The van der Waals surface area contributed by atoms with Crippen LogP contribution in [0.5, 0.6) is 0 Å². The van der Waals surface area contributed by atoms with Gasteiger partial charge in [-0.2, -0.15) is 11.8 Å². The van der Waals surface area contributed by atoms with Gasteiger partial charge in [0.05, 0.1) is 6.04 Å². The fourth-order valence-corrected chi connectivity index (χ4v) is 2.71. The van der Waals surface area contributed by atoms with E-state index < -0.39 is 0 Å². The van der Waals surface area contributed by atoms with Crippen molar-refractivity contribution in [3.05, 3.63) is 0 Å². The van der Waals surface area contributed by atoms with Crippen molar-refractivity contribution in [1.82, 2.24) is 10.2 Å². The van der Waals surface area contributed by atoms with E-state index in [9.17, 15) is 4.79 Å². The van der Waals surface area contributed by atoms with E-state index in [-0.39, 0.29) is 11.9 Å². The molecule has 0 aromatic carbocycles. The second kappa shape index (κ2) is 7.92. The third-order valence-corrected chi connectivity index (χ3v) is 3.71. The lowest BCUT2D eigenvalue weighted by atomic mass is 10.2. The van der Waals surface area contributed by atoms with Crippen LogP contribution >= 0.6 is 11.8 Å². The van der Waals surface area contributed by atoms with Gasteiger partial charge in [0, 0.05) is 37.7 Å². The number of hydrogen-bond acceptors (Lipinski definition) is 4. The Hall–Kier alpha value is -0.260. The Kier molecular flexibility index (Phi) is 6.84. The van der Waals surface area contributed by atoms with Crippen molar-refractivity contribution in [2.45, 2.75) is 25.8 Å². The minimum Gasteiger partial charge on any atom is -0.353 e. The molecule has 1 rings (SSSR count). The van der Waals surface area contributed by atoms with Crippen LogP contribution in [0.1, 0.15) is 19.8 Å². The Morgan fingerprint density at radius 2 is 2.19 bits per heavy atom. The number of nitrogens with one attached hydrogen (secondary N) is 1. The van der Waals surface area contributed by atoms with E-state index in [1.54, 1.807) is 0 Å². The van der Waals surface area contributed by atoms with Gasteiger partial charge in [0.25, 0.3) is 0 Å². The molecular weight excluding hydrogens is 222 g/mol. The summed E-state index contributed by atoms with van der Waals surface area (Å²) in [6.07, 6.45) is 1.73. The molecule has 0 aromatic rings. The monoisotopic (exact) mass is 245 g/mol. The van der Waals surface area contributed by atoms with E-state index in [4.69, 9.17) is 5.73 Å². The van der Waals surface area contributed by atoms with Gasteiger partial charge in [0.2, 0.25) is 5.91 Å². The summed E-state index contributed by atoms with van der Waals surface area (Å²) in [5.41, 5.74) is 5.72. The topological polar surface area (TPSA) is 58.4 Å². The molecule has 1 heterocycles. The van der Waals surface area contributed by atoms with Crippen LogP contribution in [-0.2, 0) is 4.79 Å². The Balaban J connectivity index is 2.07. The van der Waals surface area contributed by atoms with Crippen LogP contribution < -0.4 is 11.1 Å². The summed E-state index contributed by atoms with van der Waals surface area (Å²) in [4.78, 5) is 13.9. The molecule has 0 aromatic heterocycles. The highest BCUT2D eigenvalue weighted by atomic mass is 32.2. The molecule has 1 saturated heterocycles. The van der Waals surface area contributed by atoms with Crippen molar-refractivity contribution in [3.8, 4) is 0 Å². The zero-order valence-electron chi connectivity index (χ0n) is 10.1. The Labute approximate surface area is 102 Å². The molecule has 3 N–H and O–H groups in total. The Morgan fingerprint density at radius 3 is 2.81 bits per heavy atom. The summed E-state index contributed by atoms with van der Waals surface area (Å²) in [5.74, 6) is 2.42. The van der Waals surface area contributed by atoms with Gasteiger partial charge in [-0.25, -0.2) is 0 Å². The van der Waals surface area contributed by atoms with Crippen LogP contribution in [0.15, 0.2) is 0 Å². The van der Waals surface area contributed by atoms with Crippen molar-refractivity contribution >= 4 is 17.7 Å². The Morgan fingerprint density at radius 1 is 1.50 bits per heavy atom. The SMILES string of the molecule is CCCC(N)C(=O)NCCN1CCSCC1.